The first kappa shape index (κ1) is 19.1. The third kappa shape index (κ3) is 5.90. The predicted octanol–water partition coefficient (Wildman–Crippen LogP) is 4.46. The second-order valence-electron chi connectivity index (χ2n) is 6.77. The molecule has 0 atom stereocenters. The summed E-state index contributed by atoms with van der Waals surface area (Å²) >= 11 is 0. The van der Waals surface area contributed by atoms with Gasteiger partial charge in [-0.15, -0.1) is 0 Å². The van der Waals surface area contributed by atoms with Gasteiger partial charge in [-0.2, -0.15) is 0 Å². The quantitative estimate of drug-likeness (QED) is 0.612. The van der Waals surface area contributed by atoms with E-state index in [1.807, 2.05) is 36.7 Å². The number of aryl methyl sites for hydroxylation is 2. The Bertz CT molecular complexity index is 777. The molecule has 4 nitrogen and oxygen atoms in total. The highest BCUT2D eigenvalue weighted by Gasteiger charge is 2.09. The lowest BCUT2D eigenvalue weighted by atomic mass is 10.1. The summed E-state index contributed by atoms with van der Waals surface area (Å²) in [6.07, 6.45) is 4.77. The number of pyridine rings is 2. The normalized spacial score (nSPS) is 10.9. The Labute approximate surface area is 162 Å². The van der Waals surface area contributed by atoms with Crippen LogP contribution in [0.25, 0.3) is 0 Å². The van der Waals surface area contributed by atoms with E-state index in [4.69, 9.17) is 0 Å². The molecule has 2 aromatic heterocycles. The number of benzene rings is 1. The van der Waals surface area contributed by atoms with Crippen LogP contribution in [0.4, 0.5) is 5.69 Å². The first-order chi connectivity index (χ1) is 13.2. The highest BCUT2D eigenvalue weighted by atomic mass is 15.1. The van der Waals surface area contributed by atoms with E-state index in [0.29, 0.717) is 0 Å². The Kier molecular flexibility index (Phi) is 6.94. The maximum absolute atomic E-state index is 4.48. The van der Waals surface area contributed by atoms with E-state index in [1.54, 1.807) is 0 Å². The number of hydrogen-bond acceptors (Lipinski definition) is 4. The summed E-state index contributed by atoms with van der Waals surface area (Å²) in [6.45, 7) is 7.80. The van der Waals surface area contributed by atoms with Crippen molar-refractivity contribution in [2.45, 2.75) is 33.4 Å². The van der Waals surface area contributed by atoms with Crippen molar-refractivity contribution in [3.63, 3.8) is 0 Å². The minimum atomic E-state index is 0.813. The summed E-state index contributed by atoms with van der Waals surface area (Å²) in [6, 6.07) is 18.8. The van der Waals surface area contributed by atoms with Gasteiger partial charge < -0.3 is 5.32 Å². The third-order valence-corrected chi connectivity index (χ3v) is 4.71. The highest BCUT2D eigenvalue weighted by molar-refractivity contribution is 5.48. The molecule has 27 heavy (non-hydrogen) atoms. The lowest BCUT2D eigenvalue weighted by Crippen LogP contribution is -2.29. The minimum absolute atomic E-state index is 0.813. The van der Waals surface area contributed by atoms with Crippen LogP contribution in [-0.4, -0.2) is 28.0 Å². The molecule has 0 amide bonds. The number of rotatable bonds is 9. The molecule has 0 spiro atoms. The van der Waals surface area contributed by atoms with Crippen LogP contribution in [0.1, 0.15) is 29.4 Å². The molecular formula is C23H28N4. The summed E-state index contributed by atoms with van der Waals surface area (Å²) in [4.78, 5) is 11.3. The van der Waals surface area contributed by atoms with Crippen LogP contribution in [0.3, 0.4) is 0 Å². The van der Waals surface area contributed by atoms with E-state index in [2.05, 4.69) is 64.4 Å². The molecule has 0 saturated heterocycles. The Morgan fingerprint density at radius 3 is 2.11 bits per heavy atom. The summed E-state index contributed by atoms with van der Waals surface area (Å²) in [7, 11) is 0. The molecule has 0 fully saturated rings. The van der Waals surface area contributed by atoms with Gasteiger partial charge in [0, 0.05) is 44.3 Å². The summed E-state index contributed by atoms with van der Waals surface area (Å²) < 4.78 is 0. The van der Waals surface area contributed by atoms with Crippen molar-refractivity contribution in [3.05, 3.63) is 89.5 Å². The number of nitrogens with one attached hydrogen (secondary N) is 1. The van der Waals surface area contributed by atoms with Crippen LogP contribution in [0.5, 0.6) is 0 Å². The van der Waals surface area contributed by atoms with E-state index >= 15 is 0 Å². The van der Waals surface area contributed by atoms with Gasteiger partial charge in [0.15, 0.2) is 0 Å². The number of hydrogen-bond donors (Lipinski definition) is 1. The molecular weight excluding hydrogens is 332 g/mol. The van der Waals surface area contributed by atoms with Crippen LogP contribution < -0.4 is 5.32 Å². The highest BCUT2D eigenvalue weighted by Crippen LogP contribution is 2.16. The van der Waals surface area contributed by atoms with Crippen molar-refractivity contribution in [3.8, 4) is 0 Å². The predicted molar refractivity (Wildman–Crippen MR) is 112 cm³/mol. The Hall–Kier alpha value is -2.72. The second kappa shape index (κ2) is 9.83. The van der Waals surface area contributed by atoms with Gasteiger partial charge in [0.05, 0.1) is 11.4 Å². The Morgan fingerprint density at radius 2 is 1.56 bits per heavy atom. The molecule has 3 aromatic rings. The fraction of sp³-hybridized carbons (Fsp3) is 0.304. The standard InChI is InChI=1S/C23H28N4/c1-3-20-16-21(11-10-19(20)2)26-14-15-27(17-22-8-4-6-12-24-22)18-23-9-5-7-13-25-23/h4-13,16,26H,3,14-15,17-18H2,1-2H3. The number of nitrogens with zero attached hydrogens (tertiary/aromatic N) is 3. The zero-order valence-electron chi connectivity index (χ0n) is 16.2. The molecule has 0 aliphatic carbocycles. The zero-order valence-corrected chi connectivity index (χ0v) is 16.2. The second-order valence-corrected chi connectivity index (χ2v) is 6.77. The van der Waals surface area contributed by atoms with E-state index in [0.717, 1.165) is 44.0 Å². The van der Waals surface area contributed by atoms with Crippen LogP contribution in [0, 0.1) is 6.92 Å². The Morgan fingerprint density at radius 1 is 0.889 bits per heavy atom. The van der Waals surface area contributed by atoms with Crippen LogP contribution in [0.2, 0.25) is 0 Å². The fourth-order valence-electron chi connectivity index (χ4n) is 3.18. The molecule has 2 heterocycles. The first-order valence-electron chi connectivity index (χ1n) is 9.60. The molecule has 1 aromatic carbocycles. The average Bonchev–Trinajstić information content (AvgIpc) is 2.71. The van der Waals surface area contributed by atoms with Gasteiger partial charge in [0.25, 0.3) is 0 Å². The van der Waals surface area contributed by atoms with E-state index < -0.39 is 0 Å². The molecule has 0 bridgehead atoms. The Balaban J connectivity index is 1.62. The molecule has 140 valence electrons. The van der Waals surface area contributed by atoms with Crippen molar-refractivity contribution in [2.75, 3.05) is 18.4 Å². The van der Waals surface area contributed by atoms with Gasteiger partial charge in [-0.3, -0.25) is 14.9 Å². The maximum Gasteiger partial charge on any atom is 0.0544 e. The van der Waals surface area contributed by atoms with Crippen molar-refractivity contribution in [1.29, 1.82) is 0 Å². The molecule has 0 saturated carbocycles. The van der Waals surface area contributed by atoms with Crippen molar-refractivity contribution >= 4 is 5.69 Å². The average molecular weight is 361 g/mol. The van der Waals surface area contributed by atoms with E-state index in [1.165, 1.54) is 16.8 Å². The summed E-state index contributed by atoms with van der Waals surface area (Å²) in [5.74, 6) is 0. The van der Waals surface area contributed by atoms with Crippen LogP contribution >= 0.6 is 0 Å². The lowest BCUT2D eigenvalue weighted by Gasteiger charge is -2.22. The molecule has 4 heteroatoms. The molecule has 0 aliphatic rings. The third-order valence-electron chi connectivity index (χ3n) is 4.71. The van der Waals surface area contributed by atoms with Crippen molar-refractivity contribution in [1.82, 2.24) is 14.9 Å². The summed E-state index contributed by atoms with van der Waals surface area (Å²) in [5.41, 5.74) is 6.11. The van der Waals surface area contributed by atoms with Gasteiger partial charge in [0.1, 0.15) is 0 Å². The van der Waals surface area contributed by atoms with Crippen molar-refractivity contribution < 1.29 is 0 Å². The number of anilines is 1. The van der Waals surface area contributed by atoms with Gasteiger partial charge in [-0.1, -0.05) is 25.1 Å². The number of aromatic nitrogens is 2. The minimum Gasteiger partial charge on any atom is -0.384 e. The van der Waals surface area contributed by atoms with Gasteiger partial charge >= 0.3 is 0 Å². The molecule has 0 aliphatic heterocycles. The molecule has 0 radical (unpaired) electrons. The monoisotopic (exact) mass is 360 g/mol. The van der Waals surface area contributed by atoms with Gasteiger partial charge in [-0.25, -0.2) is 0 Å². The van der Waals surface area contributed by atoms with Gasteiger partial charge in [-0.05, 0) is 60.9 Å². The van der Waals surface area contributed by atoms with E-state index in [-0.39, 0.29) is 0 Å². The summed E-state index contributed by atoms with van der Waals surface area (Å²) in [5, 5.41) is 3.57. The lowest BCUT2D eigenvalue weighted by molar-refractivity contribution is 0.261. The fourth-order valence-corrected chi connectivity index (χ4v) is 3.18. The molecule has 1 N–H and O–H groups in total. The zero-order chi connectivity index (χ0) is 18.9. The van der Waals surface area contributed by atoms with Crippen LogP contribution in [-0.2, 0) is 19.5 Å². The smallest absolute Gasteiger partial charge is 0.0544 e. The largest absolute Gasteiger partial charge is 0.384 e. The SMILES string of the molecule is CCc1cc(NCCN(Cc2ccccn2)Cc2ccccn2)ccc1C. The first-order valence-corrected chi connectivity index (χ1v) is 9.60. The maximum atomic E-state index is 4.48. The van der Waals surface area contributed by atoms with Crippen molar-refractivity contribution in [2.24, 2.45) is 0 Å². The molecule has 3 rings (SSSR count). The topological polar surface area (TPSA) is 41.0 Å². The molecule has 0 unspecified atom stereocenters. The van der Waals surface area contributed by atoms with Gasteiger partial charge in [0.2, 0.25) is 0 Å². The van der Waals surface area contributed by atoms with E-state index in [9.17, 15) is 0 Å². The van der Waals surface area contributed by atoms with Crippen LogP contribution in [0.15, 0.2) is 67.0 Å².